The Morgan fingerprint density at radius 1 is 1.50 bits per heavy atom. The third kappa shape index (κ3) is 1.56. The van der Waals surface area contributed by atoms with Crippen molar-refractivity contribution >= 4 is 5.52 Å². The molecule has 0 fully saturated rings. The van der Waals surface area contributed by atoms with Crippen molar-refractivity contribution < 1.29 is 5.11 Å². The van der Waals surface area contributed by atoms with Gasteiger partial charge in [0.05, 0.1) is 17.9 Å². The summed E-state index contributed by atoms with van der Waals surface area (Å²) < 4.78 is 1.91. The lowest BCUT2D eigenvalue weighted by Crippen LogP contribution is -2.12. The third-order valence-corrected chi connectivity index (χ3v) is 2.19. The lowest BCUT2D eigenvalue weighted by atomic mass is 10.3. The smallest absolute Gasteiger partial charge is 0.132 e. The van der Waals surface area contributed by atoms with Crippen molar-refractivity contribution in [3.8, 4) is 5.75 Å². The fourth-order valence-corrected chi connectivity index (χ4v) is 1.45. The van der Waals surface area contributed by atoms with Gasteiger partial charge in [0.2, 0.25) is 0 Å². The van der Waals surface area contributed by atoms with Gasteiger partial charge in [-0.05, 0) is 19.2 Å². The van der Waals surface area contributed by atoms with Crippen molar-refractivity contribution in [3.05, 3.63) is 30.4 Å². The predicted octanol–water partition coefficient (Wildman–Crippen LogP) is 0.802. The number of fused-ring (bicyclic) bond motifs is 1. The number of aromatic hydroxyl groups is 1. The van der Waals surface area contributed by atoms with Crippen LogP contribution in [0.2, 0.25) is 0 Å². The summed E-state index contributed by atoms with van der Waals surface area (Å²) in [4.78, 5) is 4.29. The zero-order valence-electron chi connectivity index (χ0n) is 8.07. The number of hydrogen-bond donors (Lipinski definition) is 2. The highest BCUT2D eigenvalue weighted by Crippen LogP contribution is 2.13. The Morgan fingerprint density at radius 2 is 2.36 bits per heavy atom. The van der Waals surface area contributed by atoms with Crippen LogP contribution in [0.25, 0.3) is 5.52 Å². The Kier molecular flexibility index (Phi) is 2.37. The van der Waals surface area contributed by atoms with Crippen molar-refractivity contribution in [2.24, 2.45) is 0 Å². The second-order valence-corrected chi connectivity index (χ2v) is 3.21. The number of aromatic nitrogens is 2. The van der Waals surface area contributed by atoms with E-state index in [9.17, 15) is 5.11 Å². The topological polar surface area (TPSA) is 49.6 Å². The molecule has 0 aliphatic rings. The van der Waals surface area contributed by atoms with E-state index < -0.39 is 0 Å². The van der Waals surface area contributed by atoms with E-state index >= 15 is 0 Å². The Labute approximate surface area is 82.2 Å². The van der Waals surface area contributed by atoms with Gasteiger partial charge in [-0.2, -0.15) is 0 Å². The maximum absolute atomic E-state index is 9.33. The molecule has 2 heterocycles. The van der Waals surface area contributed by atoms with Crippen LogP contribution in [0.4, 0.5) is 0 Å². The average molecular weight is 191 g/mol. The van der Waals surface area contributed by atoms with E-state index in [1.165, 1.54) is 0 Å². The minimum atomic E-state index is 0.265. The monoisotopic (exact) mass is 191 g/mol. The van der Waals surface area contributed by atoms with Crippen LogP contribution in [0, 0.1) is 0 Å². The molecule has 0 aliphatic carbocycles. The summed E-state index contributed by atoms with van der Waals surface area (Å²) >= 11 is 0. The lowest BCUT2D eigenvalue weighted by Gasteiger charge is -2.01. The van der Waals surface area contributed by atoms with Gasteiger partial charge in [-0.3, -0.25) is 4.40 Å². The maximum Gasteiger partial charge on any atom is 0.132 e. The Hall–Kier alpha value is -1.55. The van der Waals surface area contributed by atoms with Gasteiger partial charge in [0.1, 0.15) is 11.6 Å². The average Bonchev–Trinajstić information content (AvgIpc) is 2.57. The molecule has 2 rings (SSSR count). The van der Waals surface area contributed by atoms with Crippen LogP contribution >= 0.6 is 0 Å². The molecule has 2 N–H and O–H groups in total. The van der Waals surface area contributed by atoms with Crippen molar-refractivity contribution in [3.63, 3.8) is 0 Å². The van der Waals surface area contributed by atoms with Crippen LogP contribution in [-0.2, 0) is 6.42 Å². The molecule has 2 aromatic rings. The molecule has 2 aromatic heterocycles. The van der Waals surface area contributed by atoms with Crippen LogP contribution in [0.1, 0.15) is 5.82 Å². The zero-order valence-corrected chi connectivity index (χ0v) is 8.07. The number of hydrogen-bond acceptors (Lipinski definition) is 3. The summed E-state index contributed by atoms with van der Waals surface area (Å²) in [5, 5.41) is 12.4. The summed E-state index contributed by atoms with van der Waals surface area (Å²) in [5.41, 5.74) is 1.01. The molecule has 0 aliphatic heterocycles. The van der Waals surface area contributed by atoms with Gasteiger partial charge >= 0.3 is 0 Å². The van der Waals surface area contributed by atoms with Crippen LogP contribution in [0.3, 0.4) is 0 Å². The zero-order chi connectivity index (χ0) is 9.97. The van der Waals surface area contributed by atoms with Crippen molar-refractivity contribution in [2.75, 3.05) is 13.6 Å². The summed E-state index contributed by atoms with van der Waals surface area (Å²) in [6.45, 7) is 0.884. The first-order chi connectivity index (χ1) is 6.81. The van der Waals surface area contributed by atoms with Gasteiger partial charge < -0.3 is 10.4 Å². The highest BCUT2D eigenvalue weighted by molar-refractivity contribution is 5.48. The molecule has 4 heteroatoms. The number of nitrogens with one attached hydrogen (secondary N) is 1. The van der Waals surface area contributed by atoms with Crippen LogP contribution in [-0.4, -0.2) is 28.1 Å². The highest BCUT2D eigenvalue weighted by Gasteiger charge is 2.02. The van der Waals surface area contributed by atoms with E-state index in [1.807, 2.05) is 23.7 Å². The van der Waals surface area contributed by atoms with Crippen molar-refractivity contribution in [2.45, 2.75) is 6.42 Å². The van der Waals surface area contributed by atoms with Gasteiger partial charge in [-0.1, -0.05) is 0 Å². The minimum Gasteiger partial charge on any atom is -0.506 e. The summed E-state index contributed by atoms with van der Waals surface area (Å²) in [6.07, 6.45) is 4.35. The molecule has 0 spiro atoms. The summed E-state index contributed by atoms with van der Waals surface area (Å²) in [6, 6.07) is 3.52. The van der Waals surface area contributed by atoms with Gasteiger partial charge in [-0.15, -0.1) is 0 Å². The maximum atomic E-state index is 9.33. The Morgan fingerprint density at radius 3 is 3.14 bits per heavy atom. The van der Waals surface area contributed by atoms with Gasteiger partial charge in [-0.25, -0.2) is 4.98 Å². The molecule has 0 saturated carbocycles. The first-order valence-corrected chi connectivity index (χ1v) is 4.61. The second kappa shape index (κ2) is 3.67. The number of likely N-dealkylation sites (N-methyl/N-ethyl adjacent to an activating group) is 1. The first-order valence-electron chi connectivity index (χ1n) is 4.61. The SMILES string of the molecule is CNCCc1ncc2ccc(O)cn12. The Balaban J connectivity index is 2.40. The fourth-order valence-electron chi connectivity index (χ4n) is 1.45. The van der Waals surface area contributed by atoms with E-state index in [2.05, 4.69) is 10.3 Å². The van der Waals surface area contributed by atoms with Crippen LogP contribution in [0.15, 0.2) is 24.5 Å². The molecular formula is C10H13N3O. The van der Waals surface area contributed by atoms with E-state index in [0.717, 1.165) is 24.3 Å². The molecule has 0 aromatic carbocycles. The normalized spacial score (nSPS) is 10.9. The largest absolute Gasteiger partial charge is 0.506 e. The fraction of sp³-hybridized carbons (Fsp3) is 0.300. The molecule has 74 valence electrons. The number of nitrogens with zero attached hydrogens (tertiary/aromatic N) is 2. The molecule has 0 radical (unpaired) electrons. The number of rotatable bonds is 3. The van der Waals surface area contributed by atoms with Crippen LogP contribution in [0.5, 0.6) is 5.75 Å². The summed E-state index contributed by atoms with van der Waals surface area (Å²) in [5.74, 6) is 1.23. The molecule has 14 heavy (non-hydrogen) atoms. The predicted molar refractivity (Wildman–Crippen MR) is 54.5 cm³/mol. The number of imidazole rings is 1. The molecular weight excluding hydrogens is 178 g/mol. The molecule has 0 amide bonds. The number of pyridine rings is 1. The highest BCUT2D eigenvalue weighted by atomic mass is 16.3. The van der Waals surface area contributed by atoms with Gasteiger partial charge in [0.25, 0.3) is 0 Å². The van der Waals surface area contributed by atoms with Gasteiger partial charge in [0.15, 0.2) is 0 Å². The molecule has 0 bridgehead atoms. The van der Waals surface area contributed by atoms with E-state index in [-0.39, 0.29) is 5.75 Å². The van der Waals surface area contributed by atoms with Crippen molar-refractivity contribution in [1.29, 1.82) is 0 Å². The molecule has 0 unspecified atom stereocenters. The van der Waals surface area contributed by atoms with Crippen LogP contribution < -0.4 is 5.32 Å². The summed E-state index contributed by atoms with van der Waals surface area (Å²) in [7, 11) is 1.91. The van der Waals surface area contributed by atoms with E-state index in [0.29, 0.717) is 0 Å². The quantitative estimate of drug-likeness (QED) is 0.754. The Bertz CT molecular complexity index is 436. The molecule has 0 atom stereocenters. The van der Waals surface area contributed by atoms with E-state index in [4.69, 9.17) is 0 Å². The first kappa shape index (κ1) is 9.02. The van der Waals surface area contributed by atoms with E-state index in [1.54, 1.807) is 12.3 Å². The molecule has 4 nitrogen and oxygen atoms in total. The minimum absolute atomic E-state index is 0.265. The molecule has 0 saturated heterocycles. The second-order valence-electron chi connectivity index (χ2n) is 3.21. The van der Waals surface area contributed by atoms with Crippen molar-refractivity contribution in [1.82, 2.24) is 14.7 Å². The lowest BCUT2D eigenvalue weighted by molar-refractivity contribution is 0.471. The van der Waals surface area contributed by atoms with Gasteiger partial charge in [0, 0.05) is 13.0 Å². The standard InChI is InChI=1S/C10H13N3O/c1-11-5-4-10-12-6-8-2-3-9(14)7-13(8)10/h2-3,6-7,11,14H,4-5H2,1H3. The third-order valence-electron chi connectivity index (χ3n) is 2.19.